The summed E-state index contributed by atoms with van der Waals surface area (Å²) in [6.45, 7) is 0. The molecule has 0 radical (unpaired) electrons. The second-order valence-corrected chi connectivity index (χ2v) is 4.15. The molecule has 0 amide bonds. The van der Waals surface area contributed by atoms with Gasteiger partial charge in [-0.1, -0.05) is 0 Å². The Kier molecular flexibility index (Phi) is 4.20. The van der Waals surface area contributed by atoms with Crippen LogP contribution in [0.5, 0.6) is 11.5 Å². The molecule has 5 nitrogen and oxygen atoms in total. The Bertz CT molecular complexity index is 644. The van der Waals surface area contributed by atoms with Gasteiger partial charge in [0.15, 0.2) is 17.3 Å². The van der Waals surface area contributed by atoms with Crippen LogP contribution in [0.4, 0.5) is 0 Å². The Hall–Kier alpha value is -2.56. The number of carbonyl (C=O) groups is 1. The average Bonchev–Trinajstić information content (AvgIpc) is 2.89. The molecular weight excluding hydrogens is 256 g/mol. The van der Waals surface area contributed by atoms with E-state index in [0.717, 1.165) is 5.69 Å². The minimum atomic E-state index is -0.104. The van der Waals surface area contributed by atoms with E-state index in [1.807, 2.05) is 13.1 Å². The van der Waals surface area contributed by atoms with Gasteiger partial charge in [0.2, 0.25) is 0 Å². The molecule has 0 saturated heterocycles. The van der Waals surface area contributed by atoms with Gasteiger partial charge in [0, 0.05) is 18.8 Å². The molecule has 0 atom stereocenters. The molecule has 0 aliphatic heterocycles. The lowest BCUT2D eigenvalue weighted by Crippen LogP contribution is -1.98. The number of ketones is 1. The van der Waals surface area contributed by atoms with Gasteiger partial charge in [-0.3, -0.25) is 9.48 Å². The number of allylic oxidation sites excluding steroid dienone is 1. The van der Waals surface area contributed by atoms with Crippen molar-refractivity contribution in [1.82, 2.24) is 9.78 Å². The third-order valence-corrected chi connectivity index (χ3v) is 2.93. The second kappa shape index (κ2) is 6.06. The number of hydrogen-bond acceptors (Lipinski definition) is 4. The first-order chi connectivity index (χ1) is 9.65. The van der Waals surface area contributed by atoms with E-state index < -0.39 is 0 Å². The number of hydrogen-bond donors (Lipinski definition) is 0. The minimum absolute atomic E-state index is 0.104. The lowest BCUT2D eigenvalue weighted by atomic mass is 10.1. The van der Waals surface area contributed by atoms with Crippen LogP contribution in [-0.4, -0.2) is 29.8 Å². The van der Waals surface area contributed by atoms with Gasteiger partial charge in [0.05, 0.1) is 19.9 Å². The molecular formula is C15H16N2O3. The molecule has 104 valence electrons. The maximum absolute atomic E-state index is 12.1. The molecule has 1 aromatic carbocycles. The van der Waals surface area contributed by atoms with E-state index in [4.69, 9.17) is 9.47 Å². The summed E-state index contributed by atoms with van der Waals surface area (Å²) in [6.07, 6.45) is 4.92. The number of carbonyl (C=O) groups excluding carboxylic acids is 1. The monoisotopic (exact) mass is 272 g/mol. The molecule has 0 spiro atoms. The molecule has 0 N–H and O–H groups in total. The normalized spacial score (nSPS) is 10.8. The molecule has 2 aromatic rings. The number of aryl methyl sites for hydroxylation is 1. The summed E-state index contributed by atoms with van der Waals surface area (Å²) in [5.41, 5.74) is 1.40. The number of nitrogens with zero attached hydrogens (tertiary/aromatic N) is 2. The van der Waals surface area contributed by atoms with Crippen LogP contribution >= 0.6 is 0 Å². The zero-order chi connectivity index (χ0) is 14.5. The molecule has 0 aliphatic carbocycles. The molecule has 2 rings (SSSR count). The average molecular weight is 272 g/mol. The SMILES string of the molecule is COc1ccc(C(=O)/C=C/c2ccnn2C)cc1OC. The predicted octanol–water partition coefficient (Wildman–Crippen LogP) is 2.33. The fraction of sp³-hybridized carbons (Fsp3) is 0.200. The fourth-order valence-electron chi connectivity index (χ4n) is 1.79. The van der Waals surface area contributed by atoms with E-state index in [0.29, 0.717) is 17.1 Å². The second-order valence-electron chi connectivity index (χ2n) is 4.15. The van der Waals surface area contributed by atoms with Crippen molar-refractivity contribution in [2.75, 3.05) is 14.2 Å². The van der Waals surface area contributed by atoms with Crippen LogP contribution in [0.3, 0.4) is 0 Å². The molecule has 0 fully saturated rings. The quantitative estimate of drug-likeness (QED) is 0.619. The Morgan fingerprint density at radius 1 is 1.20 bits per heavy atom. The number of aromatic nitrogens is 2. The smallest absolute Gasteiger partial charge is 0.186 e. The topological polar surface area (TPSA) is 53.3 Å². The fourth-order valence-corrected chi connectivity index (χ4v) is 1.79. The summed E-state index contributed by atoms with van der Waals surface area (Å²) in [5.74, 6) is 1.03. The number of ether oxygens (including phenoxy) is 2. The third-order valence-electron chi connectivity index (χ3n) is 2.93. The summed E-state index contributed by atoms with van der Waals surface area (Å²) in [7, 11) is 4.92. The van der Waals surface area contributed by atoms with Gasteiger partial charge in [-0.25, -0.2) is 0 Å². The lowest BCUT2D eigenvalue weighted by Gasteiger charge is -2.07. The van der Waals surface area contributed by atoms with Gasteiger partial charge in [-0.15, -0.1) is 0 Å². The van der Waals surface area contributed by atoms with Gasteiger partial charge in [0.1, 0.15) is 0 Å². The summed E-state index contributed by atoms with van der Waals surface area (Å²) in [6, 6.07) is 6.91. The predicted molar refractivity (Wildman–Crippen MR) is 76.1 cm³/mol. The first-order valence-corrected chi connectivity index (χ1v) is 6.08. The summed E-state index contributed by atoms with van der Waals surface area (Å²) >= 11 is 0. The summed E-state index contributed by atoms with van der Waals surface area (Å²) in [5, 5.41) is 4.03. The highest BCUT2D eigenvalue weighted by Crippen LogP contribution is 2.27. The van der Waals surface area contributed by atoms with Crippen LogP contribution in [0.1, 0.15) is 16.1 Å². The van der Waals surface area contributed by atoms with Crippen LogP contribution < -0.4 is 9.47 Å². The first-order valence-electron chi connectivity index (χ1n) is 6.08. The first kappa shape index (κ1) is 13.9. The van der Waals surface area contributed by atoms with Crippen molar-refractivity contribution in [3.8, 4) is 11.5 Å². The van der Waals surface area contributed by atoms with E-state index >= 15 is 0 Å². The van der Waals surface area contributed by atoms with Crippen molar-refractivity contribution >= 4 is 11.9 Å². The zero-order valence-electron chi connectivity index (χ0n) is 11.7. The highest BCUT2D eigenvalue weighted by molar-refractivity contribution is 6.07. The van der Waals surface area contributed by atoms with Gasteiger partial charge in [-0.2, -0.15) is 5.10 Å². The third kappa shape index (κ3) is 2.88. The number of benzene rings is 1. The lowest BCUT2D eigenvalue weighted by molar-refractivity contribution is 0.104. The number of methoxy groups -OCH3 is 2. The van der Waals surface area contributed by atoms with Crippen LogP contribution in [0.2, 0.25) is 0 Å². The summed E-state index contributed by atoms with van der Waals surface area (Å²) in [4.78, 5) is 12.1. The van der Waals surface area contributed by atoms with Crippen molar-refractivity contribution in [3.05, 3.63) is 47.8 Å². The highest BCUT2D eigenvalue weighted by Gasteiger charge is 2.08. The van der Waals surface area contributed by atoms with E-state index in [9.17, 15) is 4.79 Å². The van der Waals surface area contributed by atoms with E-state index in [2.05, 4.69) is 5.10 Å². The molecule has 0 saturated carbocycles. The van der Waals surface area contributed by atoms with E-state index in [1.165, 1.54) is 13.2 Å². The van der Waals surface area contributed by atoms with Crippen LogP contribution in [0, 0.1) is 0 Å². The maximum atomic E-state index is 12.1. The molecule has 0 aliphatic rings. The molecule has 5 heteroatoms. The molecule has 0 unspecified atom stereocenters. The van der Waals surface area contributed by atoms with Crippen molar-refractivity contribution in [2.24, 2.45) is 7.05 Å². The molecule has 1 aromatic heterocycles. The van der Waals surface area contributed by atoms with Gasteiger partial charge >= 0.3 is 0 Å². The molecule has 0 bridgehead atoms. The van der Waals surface area contributed by atoms with Crippen molar-refractivity contribution in [2.45, 2.75) is 0 Å². The highest BCUT2D eigenvalue weighted by atomic mass is 16.5. The van der Waals surface area contributed by atoms with Gasteiger partial charge in [0.25, 0.3) is 0 Å². The Morgan fingerprint density at radius 2 is 1.95 bits per heavy atom. The van der Waals surface area contributed by atoms with E-state index in [1.54, 1.807) is 42.3 Å². The Morgan fingerprint density at radius 3 is 2.55 bits per heavy atom. The molecule has 1 heterocycles. The molecule has 20 heavy (non-hydrogen) atoms. The van der Waals surface area contributed by atoms with Gasteiger partial charge in [-0.05, 0) is 36.4 Å². The minimum Gasteiger partial charge on any atom is -0.493 e. The number of rotatable bonds is 5. The largest absolute Gasteiger partial charge is 0.493 e. The standard InChI is InChI=1S/C15H16N2O3/c1-17-12(8-9-16-17)5-6-13(18)11-4-7-14(19-2)15(10-11)20-3/h4-10H,1-3H3/b6-5+. The van der Waals surface area contributed by atoms with Crippen LogP contribution in [-0.2, 0) is 7.05 Å². The summed E-state index contributed by atoms with van der Waals surface area (Å²) < 4.78 is 12.0. The Labute approximate surface area is 117 Å². The Balaban J connectivity index is 2.21. The van der Waals surface area contributed by atoms with Crippen molar-refractivity contribution < 1.29 is 14.3 Å². The van der Waals surface area contributed by atoms with E-state index in [-0.39, 0.29) is 5.78 Å². The van der Waals surface area contributed by atoms with Crippen molar-refractivity contribution in [3.63, 3.8) is 0 Å². The van der Waals surface area contributed by atoms with Gasteiger partial charge < -0.3 is 9.47 Å². The van der Waals surface area contributed by atoms with Crippen LogP contribution in [0.25, 0.3) is 6.08 Å². The van der Waals surface area contributed by atoms with Crippen molar-refractivity contribution in [1.29, 1.82) is 0 Å². The maximum Gasteiger partial charge on any atom is 0.186 e. The van der Waals surface area contributed by atoms with Crippen LogP contribution in [0.15, 0.2) is 36.5 Å². The zero-order valence-corrected chi connectivity index (χ0v) is 11.7.